The van der Waals surface area contributed by atoms with Gasteiger partial charge in [0.2, 0.25) is 11.5 Å². The summed E-state index contributed by atoms with van der Waals surface area (Å²) in [6, 6.07) is 14.8. The second-order valence-corrected chi connectivity index (χ2v) is 8.97. The number of nitrogens with zero attached hydrogens (tertiary/aromatic N) is 1. The van der Waals surface area contributed by atoms with Gasteiger partial charge >= 0.3 is 0 Å². The zero-order valence-corrected chi connectivity index (χ0v) is 21.5. The van der Waals surface area contributed by atoms with Gasteiger partial charge in [-0.1, -0.05) is 22.0 Å². The van der Waals surface area contributed by atoms with Crippen LogP contribution in [-0.2, 0) is 0 Å². The van der Waals surface area contributed by atoms with Gasteiger partial charge in [-0.15, -0.1) is 0 Å². The summed E-state index contributed by atoms with van der Waals surface area (Å²) >= 11 is 3.42. The number of ether oxygens (including phenoxy) is 4. The summed E-state index contributed by atoms with van der Waals surface area (Å²) in [5.74, 6) is 1.29. The number of amides is 1. The predicted molar refractivity (Wildman–Crippen MR) is 138 cm³/mol. The number of hydrogen-bond acceptors (Lipinski definition) is 7. The van der Waals surface area contributed by atoms with Crippen LogP contribution in [0, 0.1) is 0 Å². The maximum Gasteiger partial charge on any atom is 0.295 e. The highest BCUT2D eigenvalue weighted by Crippen LogP contribution is 2.46. The molecule has 1 aromatic heterocycles. The van der Waals surface area contributed by atoms with Crippen molar-refractivity contribution in [3.63, 3.8) is 0 Å². The van der Waals surface area contributed by atoms with Gasteiger partial charge in [0.1, 0.15) is 11.3 Å². The molecule has 2 heterocycles. The fourth-order valence-electron chi connectivity index (χ4n) is 4.55. The summed E-state index contributed by atoms with van der Waals surface area (Å²) in [5, 5.41) is 0.362. The third-order valence-corrected chi connectivity index (χ3v) is 6.66. The van der Waals surface area contributed by atoms with Crippen molar-refractivity contribution in [2.75, 3.05) is 33.3 Å². The second-order valence-electron chi connectivity index (χ2n) is 8.05. The molecule has 0 aliphatic carbocycles. The Morgan fingerprint density at radius 1 is 0.861 bits per heavy atom. The molecule has 1 atom stereocenters. The Kier molecular flexibility index (Phi) is 6.09. The number of hydrogen-bond donors (Lipinski definition) is 0. The van der Waals surface area contributed by atoms with Gasteiger partial charge in [-0.05, 0) is 48.0 Å². The summed E-state index contributed by atoms with van der Waals surface area (Å²) in [5.41, 5.74) is 1.37. The number of rotatable bonds is 6. The van der Waals surface area contributed by atoms with E-state index >= 15 is 0 Å². The third kappa shape index (κ3) is 3.67. The zero-order valence-electron chi connectivity index (χ0n) is 20.0. The van der Waals surface area contributed by atoms with Crippen LogP contribution in [0.5, 0.6) is 23.0 Å². The van der Waals surface area contributed by atoms with Crippen LogP contribution in [-0.4, -0.2) is 34.3 Å². The smallest absolute Gasteiger partial charge is 0.295 e. The number of anilines is 1. The molecular formula is C27H22BrNO7. The number of carbonyl (C=O) groups is 1. The van der Waals surface area contributed by atoms with E-state index in [9.17, 15) is 9.59 Å². The van der Waals surface area contributed by atoms with Crippen LogP contribution in [0.2, 0.25) is 0 Å². The lowest BCUT2D eigenvalue weighted by molar-refractivity contribution is 0.0971. The lowest BCUT2D eigenvalue weighted by Gasteiger charge is -2.26. The number of carbonyl (C=O) groups excluding carboxylic acids is 1. The van der Waals surface area contributed by atoms with Crippen LogP contribution < -0.4 is 29.3 Å². The molecule has 184 valence electrons. The highest BCUT2D eigenvalue weighted by Gasteiger charge is 2.44. The van der Waals surface area contributed by atoms with Gasteiger partial charge < -0.3 is 23.4 Å². The largest absolute Gasteiger partial charge is 0.497 e. The first kappa shape index (κ1) is 23.7. The normalized spacial score (nSPS) is 14.6. The molecule has 0 fully saturated rings. The summed E-state index contributed by atoms with van der Waals surface area (Å²) < 4.78 is 28.7. The van der Waals surface area contributed by atoms with E-state index in [-0.39, 0.29) is 16.8 Å². The molecule has 0 saturated heterocycles. The molecule has 9 heteroatoms. The molecule has 8 nitrogen and oxygen atoms in total. The third-order valence-electron chi connectivity index (χ3n) is 6.17. The summed E-state index contributed by atoms with van der Waals surface area (Å²) in [6.45, 7) is 0. The Bertz CT molecular complexity index is 1540. The van der Waals surface area contributed by atoms with Gasteiger partial charge in [0.15, 0.2) is 16.9 Å². The van der Waals surface area contributed by atoms with Crippen molar-refractivity contribution in [3.05, 3.63) is 86.2 Å². The van der Waals surface area contributed by atoms with Gasteiger partial charge in [0.05, 0.1) is 45.4 Å². The van der Waals surface area contributed by atoms with E-state index in [4.69, 9.17) is 23.4 Å². The van der Waals surface area contributed by atoms with E-state index in [2.05, 4.69) is 15.9 Å². The summed E-state index contributed by atoms with van der Waals surface area (Å²) in [4.78, 5) is 29.2. The summed E-state index contributed by atoms with van der Waals surface area (Å²) in [7, 11) is 6.07. The molecule has 1 aliphatic heterocycles. The minimum atomic E-state index is -0.826. The van der Waals surface area contributed by atoms with Crippen molar-refractivity contribution in [2.24, 2.45) is 0 Å². The fraction of sp³-hybridized carbons (Fsp3) is 0.185. The fourth-order valence-corrected chi connectivity index (χ4v) is 4.91. The Labute approximate surface area is 215 Å². The molecule has 1 aliphatic rings. The second kappa shape index (κ2) is 9.23. The van der Waals surface area contributed by atoms with E-state index in [1.807, 2.05) is 0 Å². The monoisotopic (exact) mass is 551 g/mol. The SMILES string of the molecule is COc1cccc(N2C(=O)c3oc4ccc(Br)cc4c(=O)c3C2c2cc(OC)c(OC)c(OC)c2)c1. The van der Waals surface area contributed by atoms with Crippen LogP contribution in [0.3, 0.4) is 0 Å². The Hall–Kier alpha value is -3.98. The molecule has 3 aromatic carbocycles. The van der Waals surface area contributed by atoms with Crippen LogP contribution >= 0.6 is 15.9 Å². The highest BCUT2D eigenvalue weighted by atomic mass is 79.9. The van der Waals surface area contributed by atoms with Gasteiger partial charge in [-0.2, -0.15) is 0 Å². The van der Waals surface area contributed by atoms with Crippen molar-refractivity contribution in [1.29, 1.82) is 0 Å². The van der Waals surface area contributed by atoms with E-state index in [0.29, 0.717) is 45.2 Å². The lowest BCUT2D eigenvalue weighted by atomic mass is 9.97. The summed E-state index contributed by atoms with van der Waals surface area (Å²) in [6.07, 6.45) is 0. The average molecular weight is 552 g/mol. The molecule has 1 amide bonds. The first-order valence-electron chi connectivity index (χ1n) is 11.0. The number of fused-ring (bicyclic) bond motifs is 2. The van der Waals surface area contributed by atoms with Crippen LogP contribution in [0.4, 0.5) is 5.69 Å². The molecule has 0 saturated carbocycles. The molecule has 1 unspecified atom stereocenters. The minimum absolute atomic E-state index is 0.0172. The van der Waals surface area contributed by atoms with Crippen molar-refractivity contribution in [1.82, 2.24) is 0 Å². The van der Waals surface area contributed by atoms with Gasteiger partial charge in [0.25, 0.3) is 5.91 Å². The van der Waals surface area contributed by atoms with E-state index in [1.165, 1.54) is 26.2 Å². The highest BCUT2D eigenvalue weighted by molar-refractivity contribution is 9.10. The van der Waals surface area contributed by atoms with E-state index < -0.39 is 11.9 Å². The topological polar surface area (TPSA) is 87.4 Å². The molecule has 0 radical (unpaired) electrons. The molecular weight excluding hydrogens is 530 g/mol. The van der Waals surface area contributed by atoms with Gasteiger partial charge in [0, 0.05) is 16.2 Å². The minimum Gasteiger partial charge on any atom is -0.497 e. The molecule has 4 aromatic rings. The quantitative estimate of drug-likeness (QED) is 0.319. The standard InChI is InChI=1S/C27H22BrNO7/c1-32-17-7-5-6-16(13-17)29-23(14-10-20(33-2)25(35-4)21(11-14)34-3)22-24(30)18-12-15(28)8-9-19(18)36-26(22)27(29)31/h5-13,23H,1-4H3. The zero-order chi connectivity index (χ0) is 25.6. The first-order chi connectivity index (χ1) is 17.4. The Morgan fingerprint density at radius 3 is 2.22 bits per heavy atom. The van der Waals surface area contributed by atoms with E-state index in [0.717, 1.165) is 4.47 Å². The molecule has 36 heavy (non-hydrogen) atoms. The Morgan fingerprint density at radius 2 is 1.58 bits per heavy atom. The average Bonchev–Trinajstić information content (AvgIpc) is 3.20. The molecule has 0 bridgehead atoms. The molecule has 0 N–H and O–H groups in total. The predicted octanol–water partition coefficient (Wildman–Crippen LogP) is 5.34. The van der Waals surface area contributed by atoms with Crippen LogP contribution in [0.1, 0.15) is 27.7 Å². The molecule has 0 spiro atoms. The maximum absolute atomic E-state index is 13.9. The van der Waals surface area contributed by atoms with Crippen LogP contribution in [0.15, 0.2) is 68.3 Å². The van der Waals surface area contributed by atoms with Crippen molar-refractivity contribution in [3.8, 4) is 23.0 Å². The number of halogens is 1. The molecule has 5 rings (SSSR count). The van der Waals surface area contributed by atoms with E-state index in [1.54, 1.807) is 61.7 Å². The lowest BCUT2D eigenvalue weighted by Crippen LogP contribution is -2.29. The Balaban J connectivity index is 1.84. The number of methoxy groups -OCH3 is 4. The van der Waals surface area contributed by atoms with Crippen molar-refractivity contribution in [2.45, 2.75) is 6.04 Å². The van der Waals surface area contributed by atoms with Crippen LogP contribution in [0.25, 0.3) is 11.0 Å². The maximum atomic E-state index is 13.9. The van der Waals surface area contributed by atoms with Crippen molar-refractivity contribution >= 4 is 38.5 Å². The van der Waals surface area contributed by atoms with Gasteiger partial charge in [-0.25, -0.2) is 0 Å². The number of benzene rings is 3. The first-order valence-corrected chi connectivity index (χ1v) is 11.7. The van der Waals surface area contributed by atoms with Crippen molar-refractivity contribution < 1.29 is 28.2 Å². The van der Waals surface area contributed by atoms with Gasteiger partial charge in [-0.3, -0.25) is 14.5 Å².